The van der Waals surface area contributed by atoms with Gasteiger partial charge in [-0.1, -0.05) is 59.6 Å². The minimum atomic E-state index is -0.779. The number of anilines is 1. The van der Waals surface area contributed by atoms with Crippen molar-refractivity contribution in [2.75, 3.05) is 40.1 Å². The van der Waals surface area contributed by atoms with Crippen molar-refractivity contribution in [3.8, 4) is 28.3 Å². The van der Waals surface area contributed by atoms with E-state index in [-0.39, 0.29) is 16.3 Å². The molecule has 0 unspecified atom stereocenters. The fourth-order valence-electron chi connectivity index (χ4n) is 4.20. The summed E-state index contributed by atoms with van der Waals surface area (Å²) in [4.78, 5) is 55.6. The second kappa shape index (κ2) is 15.0. The molecule has 1 heterocycles. The van der Waals surface area contributed by atoms with Crippen LogP contribution in [0.2, 0.25) is 10.0 Å². The third-order valence-electron chi connectivity index (χ3n) is 6.83. The molecule has 0 fully saturated rings. The van der Waals surface area contributed by atoms with Gasteiger partial charge in [0.25, 0.3) is 11.8 Å². The lowest BCUT2D eigenvalue weighted by Gasteiger charge is -2.21. The number of nitrogens with zero attached hydrogens (tertiary/aromatic N) is 3. The molecule has 4 N–H and O–H groups in total. The monoisotopic (exact) mass is 654 g/mol. The molecule has 0 aliphatic carbocycles. The summed E-state index contributed by atoms with van der Waals surface area (Å²) < 4.78 is 5.55. The van der Waals surface area contributed by atoms with Gasteiger partial charge in [0.2, 0.25) is 18.2 Å². The van der Waals surface area contributed by atoms with Crippen molar-refractivity contribution in [2.45, 2.75) is 20.4 Å². The molecule has 1 aromatic heterocycles. The fourth-order valence-corrected chi connectivity index (χ4v) is 4.80. The molecular formula is C32H36Cl2N6O5. The molecule has 3 rings (SSSR count). The van der Waals surface area contributed by atoms with Gasteiger partial charge in [0, 0.05) is 62.7 Å². The van der Waals surface area contributed by atoms with Gasteiger partial charge in [0.1, 0.15) is 5.57 Å². The number of carbonyl (C=O) groups is 4. The lowest BCUT2D eigenvalue weighted by atomic mass is 9.93. The zero-order valence-electron chi connectivity index (χ0n) is 25.9. The molecule has 0 aliphatic rings. The van der Waals surface area contributed by atoms with E-state index in [1.165, 1.54) is 25.3 Å². The van der Waals surface area contributed by atoms with Gasteiger partial charge < -0.3 is 26.0 Å². The van der Waals surface area contributed by atoms with Gasteiger partial charge in [-0.2, -0.15) is 0 Å². The number of hydrogen-bond acceptors (Lipinski definition) is 8. The highest BCUT2D eigenvalue weighted by molar-refractivity contribution is 6.40. The van der Waals surface area contributed by atoms with E-state index in [0.29, 0.717) is 52.8 Å². The van der Waals surface area contributed by atoms with E-state index >= 15 is 0 Å². The Morgan fingerprint density at radius 3 is 2.20 bits per heavy atom. The first-order valence-electron chi connectivity index (χ1n) is 13.8. The number of pyridine rings is 1. The average Bonchev–Trinajstić information content (AvgIpc) is 3.00. The number of nitrogens with one attached hydrogen (secondary N) is 2. The number of hydrogen-bond donors (Lipinski definition) is 3. The standard InChI is InChI=1S/C32H36Cl2N6O5/c1-32(2,31(35)44)17-36-15-19-13-14-24(38-29(19)45-6)22-11-7-9-20(26(22)33)21-10-8-12-25(27(21)34)37-28(42)23(16-39(3)4)30(43)40(5)18-41/h7-14,16,18,36H,15,17H2,1-6H3,(H2,35,44)(H,37,42)/b23-16-. The van der Waals surface area contributed by atoms with Crippen molar-refractivity contribution in [3.63, 3.8) is 0 Å². The van der Waals surface area contributed by atoms with Gasteiger partial charge in [0.15, 0.2) is 0 Å². The van der Waals surface area contributed by atoms with Crippen molar-refractivity contribution in [2.24, 2.45) is 11.1 Å². The van der Waals surface area contributed by atoms with Gasteiger partial charge in [-0.3, -0.25) is 24.1 Å². The number of carbonyl (C=O) groups excluding carboxylic acids is 4. The second-order valence-electron chi connectivity index (χ2n) is 11.0. The predicted octanol–water partition coefficient (Wildman–Crippen LogP) is 4.33. The summed E-state index contributed by atoms with van der Waals surface area (Å²) in [5.41, 5.74) is 7.79. The first-order chi connectivity index (χ1) is 21.2. The summed E-state index contributed by atoms with van der Waals surface area (Å²) in [5.74, 6) is -1.54. The molecule has 0 spiro atoms. The van der Waals surface area contributed by atoms with E-state index in [4.69, 9.17) is 33.7 Å². The zero-order valence-corrected chi connectivity index (χ0v) is 27.4. The maximum atomic E-state index is 13.1. The molecule has 3 aromatic rings. The van der Waals surface area contributed by atoms with Crippen LogP contribution in [0.5, 0.6) is 5.88 Å². The van der Waals surface area contributed by atoms with Crippen LogP contribution in [0.1, 0.15) is 19.4 Å². The Morgan fingerprint density at radius 1 is 0.978 bits per heavy atom. The first-order valence-corrected chi connectivity index (χ1v) is 14.5. The van der Waals surface area contributed by atoms with Crippen LogP contribution < -0.4 is 21.1 Å². The molecule has 4 amide bonds. The molecule has 45 heavy (non-hydrogen) atoms. The molecule has 0 saturated carbocycles. The SMILES string of the molecule is COc1nc(-c2cccc(-c3cccc(NC(=O)/C(=C/N(C)C)C(=O)N(C)C=O)c3Cl)c2Cl)ccc1CNCC(C)(C)C(N)=O. The summed E-state index contributed by atoms with van der Waals surface area (Å²) in [6.07, 6.45) is 1.64. The van der Waals surface area contributed by atoms with Crippen molar-refractivity contribution in [3.05, 3.63) is 75.9 Å². The van der Waals surface area contributed by atoms with Crippen LogP contribution in [0.3, 0.4) is 0 Å². The summed E-state index contributed by atoms with van der Waals surface area (Å²) in [6, 6.07) is 14.1. The maximum absolute atomic E-state index is 13.1. The largest absolute Gasteiger partial charge is 0.481 e. The third-order valence-corrected chi connectivity index (χ3v) is 7.65. The van der Waals surface area contributed by atoms with Gasteiger partial charge in [0.05, 0.1) is 34.0 Å². The van der Waals surface area contributed by atoms with Gasteiger partial charge >= 0.3 is 0 Å². The summed E-state index contributed by atoms with van der Waals surface area (Å²) in [6.45, 7) is 4.31. The minimum absolute atomic E-state index is 0.191. The first kappa shape index (κ1) is 35.0. The lowest BCUT2D eigenvalue weighted by Crippen LogP contribution is -2.40. The normalized spacial score (nSPS) is 11.5. The highest BCUT2D eigenvalue weighted by Crippen LogP contribution is 2.41. The predicted molar refractivity (Wildman–Crippen MR) is 176 cm³/mol. The van der Waals surface area contributed by atoms with Crippen molar-refractivity contribution in [1.29, 1.82) is 0 Å². The van der Waals surface area contributed by atoms with Crippen LogP contribution in [0.15, 0.2) is 60.3 Å². The van der Waals surface area contributed by atoms with Crippen molar-refractivity contribution < 1.29 is 23.9 Å². The van der Waals surface area contributed by atoms with Crippen LogP contribution in [0.25, 0.3) is 22.4 Å². The summed E-state index contributed by atoms with van der Waals surface area (Å²) in [7, 11) is 6.07. The summed E-state index contributed by atoms with van der Waals surface area (Å²) in [5, 5.41) is 6.45. The molecule has 11 nitrogen and oxygen atoms in total. The van der Waals surface area contributed by atoms with Crippen LogP contribution in [-0.4, -0.2) is 73.7 Å². The van der Waals surface area contributed by atoms with E-state index in [0.717, 1.165) is 10.5 Å². The Kier molecular flexibility index (Phi) is 11.7. The smallest absolute Gasteiger partial charge is 0.267 e. The van der Waals surface area contributed by atoms with Crippen molar-refractivity contribution in [1.82, 2.24) is 20.1 Å². The number of benzene rings is 2. The third kappa shape index (κ3) is 8.39. The van der Waals surface area contributed by atoms with E-state index in [1.54, 1.807) is 58.3 Å². The Morgan fingerprint density at radius 2 is 1.60 bits per heavy atom. The van der Waals surface area contributed by atoms with E-state index < -0.39 is 23.1 Å². The number of methoxy groups -OCH3 is 1. The number of nitrogens with two attached hydrogens (primary N) is 1. The van der Waals surface area contributed by atoms with Crippen LogP contribution in [0.4, 0.5) is 5.69 Å². The topological polar surface area (TPSA) is 147 Å². The number of halogens is 2. The quantitative estimate of drug-likeness (QED) is 0.107. The molecule has 238 valence electrons. The van der Waals surface area contributed by atoms with Gasteiger partial charge in [-0.05, 0) is 26.0 Å². The van der Waals surface area contributed by atoms with E-state index in [2.05, 4.69) is 15.6 Å². The van der Waals surface area contributed by atoms with Crippen LogP contribution in [0, 0.1) is 5.41 Å². The molecule has 13 heteroatoms. The van der Waals surface area contributed by atoms with Crippen LogP contribution in [-0.2, 0) is 25.7 Å². The molecule has 0 bridgehead atoms. The highest BCUT2D eigenvalue weighted by atomic mass is 35.5. The average molecular weight is 656 g/mol. The molecule has 0 aliphatic heterocycles. The minimum Gasteiger partial charge on any atom is -0.481 e. The van der Waals surface area contributed by atoms with Gasteiger partial charge in [-0.15, -0.1) is 0 Å². The number of primary amides is 1. The van der Waals surface area contributed by atoms with Crippen molar-refractivity contribution >= 4 is 53.0 Å². The molecule has 0 saturated heterocycles. The second-order valence-corrected chi connectivity index (χ2v) is 11.8. The summed E-state index contributed by atoms with van der Waals surface area (Å²) >= 11 is 13.7. The van der Waals surface area contributed by atoms with E-state index in [1.807, 2.05) is 18.2 Å². The number of aromatic nitrogens is 1. The fraction of sp³-hybridized carbons (Fsp3) is 0.281. The Bertz CT molecular complexity index is 1640. The number of ether oxygens (including phenoxy) is 1. The zero-order chi connectivity index (χ0) is 33.5. The molecule has 2 aromatic carbocycles. The number of rotatable bonds is 13. The number of imide groups is 1. The number of amides is 4. The van der Waals surface area contributed by atoms with Gasteiger partial charge in [-0.25, -0.2) is 4.98 Å². The molecule has 0 atom stereocenters. The highest BCUT2D eigenvalue weighted by Gasteiger charge is 2.25. The Labute approximate surface area is 272 Å². The van der Waals surface area contributed by atoms with Crippen LogP contribution >= 0.6 is 23.2 Å². The lowest BCUT2D eigenvalue weighted by molar-refractivity contribution is -0.134. The number of likely N-dealkylation sites (N-methyl/N-ethyl adjacent to an activating group) is 1. The molecular weight excluding hydrogens is 619 g/mol. The maximum Gasteiger partial charge on any atom is 0.267 e. The Hall–Kier alpha value is -4.45. The van der Waals surface area contributed by atoms with E-state index in [9.17, 15) is 19.2 Å². The Balaban J connectivity index is 1.93. The molecule has 0 radical (unpaired) electrons.